The Balaban J connectivity index is 1.44. The standard InChI is InChI=1S/C23H20N8/c24-11-16-1-3-17(4-2-16)18-9-20-23-28-27-15-31(23)21-12-26-22(29-7-5-25-6-8-29)10-19(21)14-30(20)13-18/h1-4,9-10,12-13,15,25H,5-8,14H2. The van der Waals surface area contributed by atoms with Crippen LogP contribution in [0.3, 0.4) is 0 Å². The number of pyridine rings is 1. The maximum atomic E-state index is 9.07. The third-order valence-electron chi connectivity index (χ3n) is 6.01. The molecule has 8 heteroatoms. The lowest BCUT2D eigenvalue weighted by molar-refractivity contribution is 0.584. The van der Waals surface area contributed by atoms with Crippen molar-refractivity contribution in [2.45, 2.75) is 6.54 Å². The van der Waals surface area contributed by atoms with E-state index in [9.17, 15) is 0 Å². The van der Waals surface area contributed by atoms with Gasteiger partial charge in [-0.3, -0.25) is 4.57 Å². The van der Waals surface area contributed by atoms with E-state index in [1.54, 1.807) is 6.33 Å². The molecule has 6 rings (SSSR count). The van der Waals surface area contributed by atoms with Crippen LogP contribution in [0.15, 0.2) is 55.1 Å². The van der Waals surface area contributed by atoms with Crippen molar-refractivity contribution in [2.24, 2.45) is 0 Å². The Morgan fingerprint density at radius 1 is 1.03 bits per heavy atom. The highest BCUT2D eigenvalue weighted by Crippen LogP contribution is 2.34. The molecule has 0 aliphatic carbocycles. The van der Waals surface area contributed by atoms with E-state index in [-0.39, 0.29) is 0 Å². The number of nitriles is 1. The maximum Gasteiger partial charge on any atom is 0.185 e. The highest BCUT2D eigenvalue weighted by molar-refractivity contribution is 5.72. The summed E-state index contributed by atoms with van der Waals surface area (Å²) in [6, 6.07) is 14.2. The molecule has 2 aliphatic heterocycles. The number of piperazine rings is 1. The van der Waals surface area contributed by atoms with Crippen molar-refractivity contribution in [1.29, 1.82) is 5.26 Å². The molecule has 0 unspecified atom stereocenters. The first kappa shape index (κ1) is 17.9. The number of nitrogens with one attached hydrogen (secondary N) is 1. The van der Waals surface area contributed by atoms with E-state index in [2.05, 4.69) is 49.4 Å². The Morgan fingerprint density at radius 3 is 2.68 bits per heavy atom. The molecule has 0 atom stereocenters. The quantitative estimate of drug-likeness (QED) is 0.483. The average Bonchev–Trinajstić information content (AvgIpc) is 3.45. The zero-order valence-electron chi connectivity index (χ0n) is 16.9. The van der Waals surface area contributed by atoms with Gasteiger partial charge >= 0.3 is 0 Å². The fourth-order valence-corrected chi connectivity index (χ4v) is 4.38. The third kappa shape index (κ3) is 2.98. The summed E-state index contributed by atoms with van der Waals surface area (Å²) in [5, 5.41) is 21.1. The molecule has 0 spiro atoms. The lowest BCUT2D eigenvalue weighted by Crippen LogP contribution is -2.43. The predicted molar refractivity (Wildman–Crippen MR) is 117 cm³/mol. The molecule has 0 bridgehead atoms. The summed E-state index contributed by atoms with van der Waals surface area (Å²) >= 11 is 0. The van der Waals surface area contributed by atoms with Crippen LogP contribution < -0.4 is 10.2 Å². The van der Waals surface area contributed by atoms with Crippen molar-refractivity contribution in [3.63, 3.8) is 0 Å². The average molecular weight is 408 g/mol. The van der Waals surface area contributed by atoms with Crippen molar-refractivity contribution < 1.29 is 0 Å². The monoisotopic (exact) mass is 408 g/mol. The summed E-state index contributed by atoms with van der Waals surface area (Å²) in [4.78, 5) is 7.08. The fourth-order valence-electron chi connectivity index (χ4n) is 4.38. The molecule has 152 valence electrons. The number of nitrogens with zero attached hydrogens (tertiary/aromatic N) is 7. The van der Waals surface area contributed by atoms with Crippen LogP contribution >= 0.6 is 0 Å². The largest absolute Gasteiger partial charge is 0.354 e. The molecule has 5 heterocycles. The molecule has 1 saturated heterocycles. The Kier molecular flexibility index (Phi) is 4.08. The molecule has 2 aliphatic rings. The second-order valence-electron chi connectivity index (χ2n) is 7.86. The number of hydrogen-bond donors (Lipinski definition) is 1. The first-order valence-electron chi connectivity index (χ1n) is 10.4. The fraction of sp³-hybridized carbons (Fsp3) is 0.217. The maximum absolute atomic E-state index is 9.07. The molecule has 1 N–H and O–H groups in total. The number of aromatic nitrogens is 5. The molecule has 31 heavy (non-hydrogen) atoms. The number of benzene rings is 1. The summed E-state index contributed by atoms with van der Waals surface area (Å²) in [5.41, 5.74) is 6.03. The van der Waals surface area contributed by atoms with Crippen LogP contribution in [-0.4, -0.2) is 50.5 Å². The lowest BCUT2D eigenvalue weighted by Gasteiger charge is -2.29. The minimum absolute atomic E-state index is 0.658. The van der Waals surface area contributed by atoms with Gasteiger partial charge in [0.2, 0.25) is 0 Å². The molecule has 0 radical (unpaired) electrons. The minimum Gasteiger partial charge on any atom is -0.354 e. The van der Waals surface area contributed by atoms with E-state index >= 15 is 0 Å². The zero-order valence-corrected chi connectivity index (χ0v) is 16.9. The smallest absolute Gasteiger partial charge is 0.185 e. The van der Waals surface area contributed by atoms with Gasteiger partial charge in [0.05, 0.1) is 29.2 Å². The van der Waals surface area contributed by atoms with Crippen LogP contribution in [0, 0.1) is 11.3 Å². The highest BCUT2D eigenvalue weighted by atomic mass is 15.3. The van der Waals surface area contributed by atoms with E-state index in [1.165, 1.54) is 5.56 Å². The zero-order chi connectivity index (χ0) is 20.8. The van der Waals surface area contributed by atoms with Gasteiger partial charge in [0.15, 0.2) is 5.82 Å². The van der Waals surface area contributed by atoms with Gasteiger partial charge in [0, 0.05) is 50.0 Å². The predicted octanol–water partition coefficient (Wildman–Crippen LogP) is 2.44. The summed E-state index contributed by atoms with van der Waals surface area (Å²) in [7, 11) is 0. The second kappa shape index (κ2) is 7.07. The van der Waals surface area contributed by atoms with Crippen LogP contribution in [0.4, 0.5) is 5.82 Å². The third-order valence-corrected chi connectivity index (χ3v) is 6.01. The van der Waals surface area contributed by atoms with Crippen molar-refractivity contribution in [1.82, 2.24) is 29.6 Å². The van der Waals surface area contributed by atoms with Gasteiger partial charge in [-0.05, 0) is 29.8 Å². The van der Waals surface area contributed by atoms with Gasteiger partial charge in [-0.1, -0.05) is 12.1 Å². The SMILES string of the molecule is N#Cc1ccc(-c2cc3n(c2)Cc2cc(N4CCNCC4)ncc2-n2cnnc2-3)cc1. The van der Waals surface area contributed by atoms with E-state index in [4.69, 9.17) is 10.2 Å². The normalized spacial score (nSPS) is 14.9. The van der Waals surface area contributed by atoms with Gasteiger partial charge in [0.25, 0.3) is 0 Å². The summed E-state index contributed by atoms with van der Waals surface area (Å²) in [6.07, 6.45) is 5.84. The van der Waals surface area contributed by atoms with E-state index in [0.29, 0.717) is 5.56 Å². The van der Waals surface area contributed by atoms with Crippen LogP contribution in [0.25, 0.3) is 28.3 Å². The van der Waals surface area contributed by atoms with Crippen molar-refractivity contribution in [3.05, 3.63) is 66.2 Å². The first-order valence-corrected chi connectivity index (χ1v) is 10.4. The van der Waals surface area contributed by atoms with E-state index in [0.717, 1.165) is 66.9 Å². The van der Waals surface area contributed by atoms with Gasteiger partial charge in [0.1, 0.15) is 12.1 Å². The van der Waals surface area contributed by atoms with Gasteiger partial charge in [-0.25, -0.2) is 4.98 Å². The highest BCUT2D eigenvalue weighted by Gasteiger charge is 2.23. The van der Waals surface area contributed by atoms with Crippen molar-refractivity contribution in [2.75, 3.05) is 31.1 Å². The summed E-state index contributed by atoms with van der Waals surface area (Å²) in [6.45, 7) is 4.60. The van der Waals surface area contributed by atoms with Crippen LogP contribution in [-0.2, 0) is 6.54 Å². The molecule has 0 saturated carbocycles. The van der Waals surface area contributed by atoms with Gasteiger partial charge in [-0.2, -0.15) is 5.26 Å². The van der Waals surface area contributed by atoms with Gasteiger partial charge in [-0.15, -0.1) is 10.2 Å². The Hall–Kier alpha value is -3.96. The van der Waals surface area contributed by atoms with Crippen LogP contribution in [0.1, 0.15) is 11.1 Å². The number of anilines is 1. The number of hydrogen-bond acceptors (Lipinski definition) is 6. The first-order chi connectivity index (χ1) is 15.3. The summed E-state index contributed by atoms with van der Waals surface area (Å²) in [5.74, 6) is 1.81. The molecule has 8 nitrogen and oxygen atoms in total. The van der Waals surface area contributed by atoms with E-state index in [1.807, 2.05) is 35.0 Å². The lowest BCUT2D eigenvalue weighted by atomic mass is 10.1. The summed E-state index contributed by atoms with van der Waals surface area (Å²) < 4.78 is 4.24. The minimum atomic E-state index is 0.658. The molecule has 3 aromatic heterocycles. The number of rotatable bonds is 2. The number of fused-ring (bicyclic) bond motifs is 5. The molecule has 4 aromatic rings. The topological polar surface area (TPSA) is 87.6 Å². The molecule has 1 fully saturated rings. The van der Waals surface area contributed by atoms with Crippen molar-refractivity contribution in [3.8, 4) is 34.4 Å². The Labute approximate surface area is 179 Å². The molecule has 1 aromatic carbocycles. The van der Waals surface area contributed by atoms with Gasteiger partial charge < -0.3 is 14.8 Å². The molecule has 0 amide bonds. The second-order valence-corrected chi connectivity index (χ2v) is 7.86. The Morgan fingerprint density at radius 2 is 1.87 bits per heavy atom. The van der Waals surface area contributed by atoms with E-state index < -0.39 is 0 Å². The Bertz CT molecular complexity index is 1300. The van der Waals surface area contributed by atoms with Crippen LogP contribution in [0.2, 0.25) is 0 Å². The molecular formula is C23H20N8. The molecular weight excluding hydrogens is 388 g/mol. The van der Waals surface area contributed by atoms with Crippen molar-refractivity contribution >= 4 is 5.82 Å². The van der Waals surface area contributed by atoms with Crippen LogP contribution in [0.5, 0.6) is 0 Å².